The van der Waals surface area contributed by atoms with Crippen LogP contribution in [-0.4, -0.2) is 92.8 Å². The summed E-state index contributed by atoms with van der Waals surface area (Å²) < 4.78 is 36.9. The van der Waals surface area contributed by atoms with Gasteiger partial charge in [0, 0.05) is 24.2 Å². The van der Waals surface area contributed by atoms with E-state index in [0.29, 0.717) is 58.4 Å². The van der Waals surface area contributed by atoms with Gasteiger partial charge >= 0.3 is 0 Å². The number of rotatable bonds is 18. The normalized spacial score (nSPS) is 17.2. The molecule has 5 rings (SSSR count). The molecule has 1 aliphatic rings. The highest BCUT2D eigenvalue weighted by atomic mass is 16.6. The number of aromatic nitrogens is 3. The van der Waals surface area contributed by atoms with Crippen molar-refractivity contribution < 1.29 is 54.0 Å². The van der Waals surface area contributed by atoms with Gasteiger partial charge < -0.3 is 59.7 Å². The Hall–Kier alpha value is -4.64. The first-order chi connectivity index (χ1) is 23.3. The molecule has 0 radical (unpaired) electrons. The van der Waals surface area contributed by atoms with E-state index >= 15 is 0 Å². The van der Waals surface area contributed by atoms with Crippen LogP contribution in [0.3, 0.4) is 0 Å². The minimum Gasteiger partial charge on any atom is -0.508 e. The number of ether oxygens (including phenoxy) is 6. The van der Waals surface area contributed by atoms with Gasteiger partial charge in [-0.15, -0.1) is 5.10 Å². The molecule has 0 bridgehead atoms. The number of phenols is 5. The smallest absolute Gasteiger partial charge is 0.200 e. The van der Waals surface area contributed by atoms with Gasteiger partial charge in [-0.2, -0.15) is 0 Å². The van der Waals surface area contributed by atoms with Crippen molar-refractivity contribution in [3.63, 3.8) is 0 Å². The first-order valence-electron chi connectivity index (χ1n) is 15.4. The molecule has 48 heavy (non-hydrogen) atoms. The fourth-order valence-electron chi connectivity index (χ4n) is 5.15. The minimum atomic E-state index is -1.03. The number of phenolic OH excluding ortho intramolecular Hbond substituents is 5. The molecule has 0 fully saturated rings. The Morgan fingerprint density at radius 1 is 0.771 bits per heavy atom. The van der Waals surface area contributed by atoms with Gasteiger partial charge in [0.15, 0.2) is 23.4 Å². The number of nitrogens with zero attached hydrogens (tertiary/aromatic N) is 3. The summed E-state index contributed by atoms with van der Waals surface area (Å²) in [5.41, 5.74) is 7.18. The lowest BCUT2D eigenvalue weighted by molar-refractivity contribution is -0.144. The summed E-state index contributed by atoms with van der Waals surface area (Å²) in [5.74, 6) is -2.27. The van der Waals surface area contributed by atoms with Gasteiger partial charge in [-0.1, -0.05) is 35.5 Å². The molecule has 258 valence electrons. The first-order valence-corrected chi connectivity index (χ1v) is 15.4. The molecule has 0 saturated carbocycles. The number of hydrogen-bond donors (Lipinski definition) is 6. The van der Waals surface area contributed by atoms with Crippen LogP contribution in [0.5, 0.6) is 34.5 Å². The Morgan fingerprint density at radius 3 is 2.17 bits per heavy atom. The molecular formula is C33H40N4O11. The molecule has 4 aromatic rings. The quantitative estimate of drug-likeness (QED) is 0.0665. The van der Waals surface area contributed by atoms with Crippen LogP contribution in [-0.2, 0) is 43.4 Å². The highest BCUT2D eigenvalue weighted by Crippen LogP contribution is 2.51. The molecular weight excluding hydrogens is 628 g/mol. The maximum absolute atomic E-state index is 11.0. The molecule has 0 aliphatic carbocycles. The minimum absolute atomic E-state index is 0.0463. The van der Waals surface area contributed by atoms with E-state index in [4.69, 9.17) is 34.2 Å². The fourth-order valence-corrected chi connectivity index (χ4v) is 5.15. The van der Waals surface area contributed by atoms with Gasteiger partial charge in [-0.05, 0) is 17.7 Å². The Labute approximate surface area is 276 Å². The van der Waals surface area contributed by atoms with E-state index in [2.05, 4.69) is 10.3 Å². The average molecular weight is 669 g/mol. The molecule has 1 aromatic heterocycles. The highest BCUT2D eigenvalue weighted by Gasteiger charge is 2.43. The monoisotopic (exact) mass is 668 g/mol. The number of nitrogens with two attached hydrogens (primary N) is 1. The van der Waals surface area contributed by atoms with E-state index in [1.54, 1.807) is 10.9 Å². The van der Waals surface area contributed by atoms with Crippen LogP contribution in [0.2, 0.25) is 0 Å². The van der Waals surface area contributed by atoms with Crippen molar-refractivity contribution in [3.8, 4) is 34.5 Å². The molecule has 0 amide bonds. The van der Waals surface area contributed by atoms with Gasteiger partial charge in [-0.25, -0.2) is 4.68 Å². The van der Waals surface area contributed by atoms with Gasteiger partial charge in [-0.3, -0.25) is 0 Å². The van der Waals surface area contributed by atoms with Crippen molar-refractivity contribution in [1.82, 2.24) is 15.0 Å². The van der Waals surface area contributed by atoms with E-state index in [9.17, 15) is 25.5 Å². The molecule has 2 heterocycles. The maximum atomic E-state index is 11.0. The van der Waals surface area contributed by atoms with Crippen molar-refractivity contribution in [2.75, 3.05) is 46.2 Å². The number of aromatic hydroxyl groups is 5. The summed E-state index contributed by atoms with van der Waals surface area (Å²) in [6.07, 6.45) is -1.27. The predicted octanol–water partition coefficient (Wildman–Crippen LogP) is 2.79. The second-order valence-corrected chi connectivity index (χ2v) is 10.9. The zero-order valence-corrected chi connectivity index (χ0v) is 26.2. The van der Waals surface area contributed by atoms with Gasteiger partial charge in [0.05, 0.1) is 71.2 Å². The maximum Gasteiger partial charge on any atom is 0.200 e. The fraction of sp³-hybridized carbons (Fsp3) is 0.394. The van der Waals surface area contributed by atoms with Gasteiger partial charge in [0.1, 0.15) is 35.2 Å². The molecule has 1 aliphatic heterocycles. The highest BCUT2D eigenvalue weighted by molar-refractivity contribution is 5.55. The average Bonchev–Trinajstić information content (AvgIpc) is 3.53. The van der Waals surface area contributed by atoms with Crippen molar-refractivity contribution >= 4 is 0 Å². The number of fused-ring (bicyclic) bond motifs is 1. The third-order valence-corrected chi connectivity index (χ3v) is 7.41. The van der Waals surface area contributed by atoms with E-state index in [-0.39, 0.29) is 41.6 Å². The van der Waals surface area contributed by atoms with E-state index in [1.165, 1.54) is 24.3 Å². The third kappa shape index (κ3) is 9.03. The third-order valence-electron chi connectivity index (χ3n) is 7.41. The topological polar surface area (TPSA) is 213 Å². The summed E-state index contributed by atoms with van der Waals surface area (Å²) in [5, 5.41) is 60.2. The number of benzene rings is 3. The SMILES string of the molecule is NCCOCCOCCOCCn1cc(COC2c3c(O)cc(O)cc3OC(c3cc(O)c(O)c(O)c3)C2OCc2ccccc2)nn1. The summed E-state index contributed by atoms with van der Waals surface area (Å²) in [6, 6.07) is 14.3. The van der Waals surface area contributed by atoms with Crippen LogP contribution in [0.15, 0.2) is 60.8 Å². The molecule has 3 unspecified atom stereocenters. The Balaban J connectivity index is 1.30. The lowest BCUT2D eigenvalue weighted by atomic mass is 9.90. The lowest BCUT2D eigenvalue weighted by Crippen LogP contribution is -2.38. The van der Waals surface area contributed by atoms with Crippen molar-refractivity contribution in [3.05, 3.63) is 83.2 Å². The molecule has 0 spiro atoms. The second-order valence-electron chi connectivity index (χ2n) is 10.9. The Kier molecular flexibility index (Phi) is 12.3. The van der Waals surface area contributed by atoms with Crippen LogP contribution in [0.1, 0.15) is 34.6 Å². The summed E-state index contributed by atoms with van der Waals surface area (Å²) >= 11 is 0. The van der Waals surface area contributed by atoms with Crippen molar-refractivity contribution in [2.24, 2.45) is 5.73 Å². The Bertz CT molecular complexity index is 1580. The van der Waals surface area contributed by atoms with E-state index < -0.39 is 35.6 Å². The summed E-state index contributed by atoms with van der Waals surface area (Å²) in [4.78, 5) is 0. The van der Waals surface area contributed by atoms with E-state index in [1.807, 2.05) is 30.3 Å². The van der Waals surface area contributed by atoms with Crippen LogP contribution >= 0.6 is 0 Å². The summed E-state index contributed by atoms with van der Waals surface area (Å²) in [6.45, 7) is 3.65. The number of hydrogen-bond acceptors (Lipinski definition) is 14. The lowest BCUT2D eigenvalue weighted by Gasteiger charge is -2.39. The van der Waals surface area contributed by atoms with Crippen LogP contribution in [0.25, 0.3) is 0 Å². The van der Waals surface area contributed by atoms with Crippen LogP contribution < -0.4 is 10.5 Å². The molecule has 0 saturated heterocycles. The second kappa shape index (κ2) is 17.0. The first kappa shape index (κ1) is 34.7. The van der Waals surface area contributed by atoms with Gasteiger partial charge in [0.25, 0.3) is 0 Å². The zero-order chi connectivity index (χ0) is 33.9. The Morgan fingerprint density at radius 2 is 1.46 bits per heavy atom. The van der Waals surface area contributed by atoms with Crippen molar-refractivity contribution in [1.29, 1.82) is 0 Å². The molecule has 7 N–H and O–H groups in total. The molecule has 3 atom stereocenters. The molecule has 15 heteroatoms. The van der Waals surface area contributed by atoms with Crippen LogP contribution in [0.4, 0.5) is 0 Å². The summed E-state index contributed by atoms with van der Waals surface area (Å²) in [7, 11) is 0. The van der Waals surface area contributed by atoms with E-state index in [0.717, 1.165) is 5.56 Å². The largest absolute Gasteiger partial charge is 0.508 e. The zero-order valence-electron chi connectivity index (χ0n) is 26.2. The molecule has 15 nitrogen and oxygen atoms in total. The predicted molar refractivity (Wildman–Crippen MR) is 169 cm³/mol. The molecule has 3 aromatic carbocycles. The van der Waals surface area contributed by atoms with Gasteiger partial charge in [0.2, 0.25) is 0 Å². The van der Waals surface area contributed by atoms with Crippen molar-refractivity contribution in [2.45, 2.75) is 38.1 Å². The standard InChI is InChI=1S/C33H40N4O11/c34-6-8-43-10-12-45-13-11-44-9-7-37-18-23(35-36-37)20-47-32-29-25(39)16-24(38)17-28(29)48-31(22-14-26(40)30(42)27(41)15-22)33(32)46-19-21-4-2-1-3-5-21/h1-5,14-18,31-33,38-42H,6-13,19-20,34H2. The van der Waals surface area contributed by atoms with Crippen LogP contribution in [0, 0.1) is 0 Å².